The summed E-state index contributed by atoms with van der Waals surface area (Å²) in [4.78, 5) is 19.1. The van der Waals surface area contributed by atoms with E-state index in [0.29, 0.717) is 6.42 Å². The van der Waals surface area contributed by atoms with Gasteiger partial charge in [-0.05, 0) is 35.7 Å². The number of benzene rings is 3. The molecule has 5 nitrogen and oxygen atoms in total. The third-order valence-electron chi connectivity index (χ3n) is 5.82. The number of amides is 1. The van der Waals surface area contributed by atoms with E-state index in [0.717, 1.165) is 22.4 Å². The number of aromatic nitrogens is 3. The van der Waals surface area contributed by atoms with Crippen molar-refractivity contribution in [3.05, 3.63) is 114 Å². The lowest BCUT2D eigenvalue weighted by molar-refractivity contribution is -0.132. The average Bonchev–Trinajstić information content (AvgIpc) is 3.38. The number of hydrogen-bond acceptors (Lipinski definition) is 3. The lowest BCUT2D eigenvalue weighted by Gasteiger charge is -2.28. The molecule has 156 valence electrons. The zero-order valence-electron chi connectivity index (χ0n) is 17.8. The Morgan fingerprint density at radius 1 is 0.871 bits per heavy atom. The van der Waals surface area contributed by atoms with Gasteiger partial charge in [0.25, 0.3) is 0 Å². The highest BCUT2D eigenvalue weighted by molar-refractivity contribution is 5.78. The van der Waals surface area contributed by atoms with Crippen LogP contribution in [0.3, 0.4) is 0 Å². The number of carbonyl (C=O) groups is 1. The van der Waals surface area contributed by atoms with E-state index in [9.17, 15) is 4.79 Å². The highest BCUT2D eigenvalue weighted by atomic mass is 16.2. The molecule has 4 aromatic rings. The summed E-state index contributed by atoms with van der Waals surface area (Å²) >= 11 is 0. The minimum absolute atomic E-state index is 0.0271. The maximum atomic E-state index is 13.3. The fourth-order valence-corrected chi connectivity index (χ4v) is 3.80. The number of nitrogens with zero attached hydrogens (tertiary/aromatic N) is 4. The first-order chi connectivity index (χ1) is 15.1. The van der Waals surface area contributed by atoms with Gasteiger partial charge in [0.2, 0.25) is 5.91 Å². The second kappa shape index (κ2) is 9.39. The van der Waals surface area contributed by atoms with Gasteiger partial charge in [-0.3, -0.25) is 4.79 Å². The van der Waals surface area contributed by atoms with Crippen LogP contribution in [0, 0.1) is 0 Å². The summed E-state index contributed by atoms with van der Waals surface area (Å²) in [6.07, 6.45) is 3.60. The van der Waals surface area contributed by atoms with Crippen LogP contribution in [0.2, 0.25) is 0 Å². The Morgan fingerprint density at radius 3 is 1.97 bits per heavy atom. The molecule has 1 atom stereocenters. The monoisotopic (exact) mass is 410 g/mol. The zero-order chi connectivity index (χ0) is 21.6. The van der Waals surface area contributed by atoms with E-state index < -0.39 is 0 Å². The Labute approximate surface area is 183 Å². The summed E-state index contributed by atoms with van der Waals surface area (Å²) in [5, 5.41) is 4.16. The molecule has 4 rings (SSSR count). The van der Waals surface area contributed by atoms with E-state index in [-0.39, 0.29) is 17.9 Å². The summed E-state index contributed by atoms with van der Waals surface area (Å²) in [5.74, 6) is 0.143. The van der Waals surface area contributed by atoms with Crippen molar-refractivity contribution in [3.8, 4) is 5.69 Å². The minimum atomic E-state index is -0.0375. The molecule has 1 amide bonds. The molecular weight excluding hydrogens is 384 g/mol. The maximum Gasteiger partial charge on any atom is 0.223 e. The summed E-state index contributed by atoms with van der Waals surface area (Å²) in [6.45, 7) is 2.06. The van der Waals surface area contributed by atoms with Gasteiger partial charge in [0.05, 0.1) is 11.7 Å². The Balaban J connectivity index is 1.51. The third-order valence-corrected chi connectivity index (χ3v) is 5.82. The highest BCUT2D eigenvalue weighted by Gasteiger charge is 2.23. The second-order valence-corrected chi connectivity index (χ2v) is 7.69. The van der Waals surface area contributed by atoms with Gasteiger partial charge in [-0.15, -0.1) is 0 Å². The fourth-order valence-electron chi connectivity index (χ4n) is 3.80. The van der Waals surface area contributed by atoms with E-state index >= 15 is 0 Å². The van der Waals surface area contributed by atoms with Crippen molar-refractivity contribution in [1.82, 2.24) is 19.7 Å². The van der Waals surface area contributed by atoms with Crippen molar-refractivity contribution in [3.63, 3.8) is 0 Å². The summed E-state index contributed by atoms with van der Waals surface area (Å²) in [5.41, 5.74) is 4.33. The third kappa shape index (κ3) is 4.72. The van der Waals surface area contributed by atoms with Gasteiger partial charge in [0, 0.05) is 19.4 Å². The Morgan fingerprint density at radius 2 is 1.45 bits per heavy atom. The van der Waals surface area contributed by atoms with E-state index in [4.69, 9.17) is 0 Å². The molecule has 1 heterocycles. The molecule has 1 unspecified atom stereocenters. The largest absolute Gasteiger partial charge is 0.339 e. The Kier molecular flexibility index (Phi) is 6.22. The van der Waals surface area contributed by atoms with Crippen molar-refractivity contribution in [2.24, 2.45) is 0 Å². The van der Waals surface area contributed by atoms with E-state index in [1.54, 1.807) is 11.0 Å². The van der Waals surface area contributed by atoms with Crippen molar-refractivity contribution in [2.45, 2.75) is 25.3 Å². The standard InChI is InChI=1S/C26H26N4O/c1-20(21-13-15-24(16-14-21)30-19-27-18-28-30)29(2)26(31)17-25(22-9-5-3-6-10-22)23-11-7-4-8-12-23/h3-16,18-20,25H,17H2,1-2H3. The van der Waals surface area contributed by atoms with Gasteiger partial charge in [-0.2, -0.15) is 5.10 Å². The summed E-state index contributed by atoms with van der Waals surface area (Å²) < 4.78 is 1.72. The van der Waals surface area contributed by atoms with Crippen molar-refractivity contribution in [2.75, 3.05) is 7.05 Å². The molecule has 0 fully saturated rings. The number of carbonyl (C=O) groups excluding carboxylic acids is 1. The van der Waals surface area contributed by atoms with Crippen LogP contribution >= 0.6 is 0 Å². The van der Waals surface area contributed by atoms with Gasteiger partial charge >= 0.3 is 0 Å². The quantitative estimate of drug-likeness (QED) is 0.430. The summed E-state index contributed by atoms with van der Waals surface area (Å²) in [7, 11) is 1.88. The average molecular weight is 411 g/mol. The highest BCUT2D eigenvalue weighted by Crippen LogP contribution is 2.30. The molecule has 0 saturated heterocycles. The molecule has 0 bridgehead atoms. The van der Waals surface area contributed by atoms with Gasteiger partial charge in [0.15, 0.2) is 0 Å². The summed E-state index contributed by atoms with van der Waals surface area (Å²) in [6, 6.07) is 28.5. The number of rotatable bonds is 7. The van der Waals surface area contributed by atoms with Gasteiger partial charge in [0.1, 0.15) is 12.7 Å². The van der Waals surface area contributed by atoms with Crippen molar-refractivity contribution < 1.29 is 4.79 Å². The molecule has 0 radical (unpaired) electrons. The van der Waals surface area contributed by atoms with Crippen LogP contribution in [0.25, 0.3) is 5.69 Å². The molecule has 3 aromatic carbocycles. The molecule has 0 aliphatic rings. The molecular formula is C26H26N4O. The predicted octanol–water partition coefficient (Wildman–Crippen LogP) is 5.01. The maximum absolute atomic E-state index is 13.3. The smallest absolute Gasteiger partial charge is 0.223 e. The molecule has 1 aromatic heterocycles. The lowest BCUT2D eigenvalue weighted by Crippen LogP contribution is -2.31. The zero-order valence-corrected chi connectivity index (χ0v) is 17.8. The first-order valence-corrected chi connectivity index (χ1v) is 10.4. The van der Waals surface area contributed by atoms with E-state index in [2.05, 4.69) is 41.3 Å². The van der Waals surface area contributed by atoms with Gasteiger partial charge in [-0.1, -0.05) is 72.8 Å². The van der Waals surface area contributed by atoms with E-state index in [1.165, 1.54) is 6.33 Å². The second-order valence-electron chi connectivity index (χ2n) is 7.69. The van der Waals surface area contributed by atoms with Gasteiger partial charge < -0.3 is 4.90 Å². The Hall–Kier alpha value is -3.73. The van der Waals surface area contributed by atoms with Crippen LogP contribution < -0.4 is 0 Å². The van der Waals surface area contributed by atoms with Crippen molar-refractivity contribution in [1.29, 1.82) is 0 Å². The molecule has 0 aliphatic carbocycles. The van der Waals surface area contributed by atoms with Crippen molar-refractivity contribution >= 4 is 5.91 Å². The molecule has 0 N–H and O–H groups in total. The van der Waals surface area contributed by atoms with Crippen LogP contribution in [0.15, 0.2) is 97.6 Å². The lowest BCUT2D eigenvalue weighted by atomic mass is 9.88. The molecule has 5 heteroatoms. The Bertz CT molecular complexity index is 1050. The SMILES string of the molecule is CC(c1ccc(-n2cncn2)cc1)N(C)C(=O)CC(c1ccccc1)c1ccccc1. The van der Waals surface area contributed by atoms with Crippen LogP contribution in [0.5, 0.6) is 0 Å². The van der Waals surface area contributed by atoms with Gasteiger partial charge in [-0.25, -0.2) is 9.67 Å². The topological polar surface area (TPSA) is 51.0 Å². The predicted molar refractivity (Wildman–Crippen MR) is 122 cm³/mol. The fraction of sp³-hybridized carbons (Fsp3) is 0.192. The van der Waals surface area contributed by atoms with Crippen LogP contribution in [0.1, 0.15) is 42.0 Å². The minimum Gasteiger partial charge on any atom is -0.339 e. The van der Waals surface area contributed by atoms with Crippen LogP contribution in [-0.4, -0.2) is 32.6 Å². The molecule has 0 saturated carbocycles. The molecule has 0 spiro atoms. The molecule has 0 aliphatic heterocycles. The first kappa shape index (κ1) is 20.5. The normalized spacial score (nSPS) is 12.0. The first-order valence-electron chi connectivity index (χ1n) is 10.4. The van der Waals surface area contributed by atoms with Crippen LogP contribution in [-0.2, 0) is 4.79 Å². The number of hydrogen-bond donors (Lipinski definition) is 0. The van der Waals surface area contributed by atoms with E-state index in [1.807, 2.05) is 72.6 Å². The van der Waals surface area contributed by atoms with Crippen LogP contribution in [0.4, 0.5) is 0 Å². The molecule has 31 heavy (non-hydrogen) atoms.